The summed E-state index contributed by atoms with van der Waals surface area (Å²) in [5.74, 6) is 1.27. The number of hydrogen-bond acceptors (Lipinski definition) is 2. The molecule has 19 heavy (non-hydrogen) atoms. The number of aryl methyl sites for hydroxylation is 1. The predicted molar refractivity (Wildman–Crippen MR) is 83.3 cm³/mol. The van der Waals surface area contributed by atoms with Crippen LogP contribution in [0, 0.1) is 5.92 Å². The molecule has 3 heteroatoms. The lowest BCUT2D eigenvalue weighted by Gasteiger charge is -2.24. The summed E-state index contributed by atoms with van der Waals surface area (Å²) in [5.41, 5.74) is 2.82. The molecule has 2 nitrogen and oxygen atoms in total. The summed E-state index contributed by atoms with van der Waals surface area (Å²) >= 11 is 0. The first-order chi connectivity index (χ1) is 8.65. The van der Waals surface area contributed by atoms with Crippen LogP contribution in [0.3, 0.4) is 0 Å². The molecule has 0 fully saturated rings. The van der Waals surface area contributed by atoms with E-state index in [2.05, 4.69) is 25.1 Å². The summed E-state index contributed by atoms with van der Waals surface area (Å²) in [6.07, 6.45) is 7.65. The van der Waals surface area contributed by atoms with Gasteiger partial charge in [-0.25, -0.2) is 0 Å². The Morgan fingerprint density at radius 2 is 2.00 bits per heavy atom. The fourth-order valence-electron chi connectivity index (χ4n) is 2.92. The molecule has 0 spiro atoms. The largest absolute Gasteiger partial charge is 0.508 e. The van der Waals surface area contributed by atoms with Crippen molar-refractivity contribution in [1.29, 1.82) is 0 Å². The first kappa shape index (κ1) is 16.3. The van der Waals surface area contributed by atoms with Crippen LogP contribution >= 0.6 is 12.4 Å². The topological polar surface area (TPSA) is 23.5 Å². The Hall–Kier alpha value is -0.730. The van der Waals surface area contributed by atoms with E-state index < -0.39 is 0 Å². The number of halogens is 1. The van der Waals surface area contributed by atoms with Crippen LogP contribution in [0.5, 0.6) is 5.75 Å². The second-order valence-corrected chi connectivity index (χ2v) is 5.86. The Morgan fingerprint density at radius 1 is 1.21 bits per heavy atom. The van der Waals surface area contributed by atoms with Gasteiger partial charge in [0.05, 0.1) is 0 Å². The fraction of sp³-hybridized carbons (Fsp3) is 0.625. The van der Waals surface area contributed by atoms with Crippen LogP contribution in [0.25, 0.3) is 0 Å². The highest BCUT2D eigenvalue weighted by Crippen LogP contribution is 2.30. The van der Waals surface area contributed by atoms with Gasteiger partial charge in [0.15, 0.2) is 0 Å². The summed E-state index contributed by atoms with van der Waals surface area (Å²) in [4.78, 5) is 2.26. The van der Waals surface area contributed by atoms with Crippen molar-refractivity contribution in [2.45, 2.75) is 38.5 Å². The molecule has 0 amide bonds. The molecule has 1 unspecified atom stereocenters. The van der Waals surface area contributed by atoms with E-state index in [1.54, 1.807) is 0 Å². The maximum atomic E-state index is 9.47. The molecule has 1 atom stereocenters. The van der Waals surface area contributed by atoms with Crippen molar-refractivity contribution in [2.75, 3.05) is 20.6 Å². The minimum absolute atomic E-state index is 0. The van der Waals surface area contributed by atoms with Crippen molar-refractivity contribution in [3.8, 4) is 5.75 Å². The summed E-state index contributed by atoms with van der Waals surface area (Å²) < 4.78 is 0. The number of phenolic OH excluding ortho intramolecular Hbond substituents is 1. The normalized spacial score (nSPS) is 17.9. The van der Waals surface area contributed by atoms with Gasteiger partial charge in [0.2, 0.25) is 0 Å². The summed E-state index contributed by atoms with van der Waals surface area (Å²) in [6, 6.07) is 5.88. The van der Waals surface area contributed by atoms with Crippen molar-refractivity contribution in [2.24, 2.45) is 5.92 Å². The number of nitrogens with zero attached hydrogens (tertiary/aromatic N) is 1. The highest BCUT2D eigenvalue weighted by Gasteiger charge is 2.18. The zero-order chi connectivity index (χ0) is 13.0. The maximum absolute atomic E-state index is 9.47. The lowest BCUT2D eigenvalue weighted by Crippen LogP contribution is -2.16. The first-order valence-electron chi connectivity index (χ1n) is 7.10. The van der Waals surface area contributed by atoms with Gasteiger partial charge in [-0.05, 0) is 75.5 Å². The van der Waals surface area contributed by atoms with Crippen molar-refractivity contribution in [3.05, 3.63) is 29.3 Å². The van der Waals surface area contributed by atoms with Gasteiger partial charge in [0.1, 0.15) is 5.75 Å². The number of hydrogen-bond donors (Lipinski definition) is 1. The SMILES string of the molecule is CN(C)CCCCC1CCc2cc(O)ccc2C1.Cl. The van der Waals surface area contributed by atoms with E-state index in [1.807, 2.05) is 12.1 Å². The number of aromatic hydroxyl groups is 1. The minimum Gasteiger partial charge on any atom is -0.508 e. The van der Waals surface area contributed by atoms with E-state index in [0.717, 1.165) is 12.3 Å². The van der Waals surface area contributed by atoms with Crippen LogP contribution in [0.4, 0.5) is 0 Å². The van der Waals surface area contributed by atoms with Gasteiger partial charge < -0.3 is 10.0 Å². The third kappa shape index (κ3) is 5.04. The average molecular weight is 284 g/mol. The first-order valence-corrected chi connectivity index (χ1v) is 7.10. The molecule has 0 aromatic heterocycles. The zero-order valence-electron chi connectivity index (χ0n) is 12.1. The molecule has 0 radical (unpaired) electrons. The Labute approximate surface area is 123 Å². The molecular formula is C16H26ClNO. The van der Waals surface area contributed by atoms with Crippen LogP contribution in [0.15, 0.2) is 18.2 Å². The molecule has 0 saturated heterocycles. The van der Waals surface area contributed by atoms with Gasteiger partial charge in [-0.2, -0.15) is 0 Å². The van der Waals surface area contributed by atoms with E-state index in [4.69, 9.17) is 0 Å². The fourth-order valence-corrected chi connectivity index (χ4v) is 2.92. The van der Waals surface area contributed by atoms with Crippen molar-refractivity contribution >= 4 is 12.4 Å². The molecule has 108 valence electrons. The van der Waals surface area contributed by atoms with E-state index in [9.17, 15) is 5.11 Å². The van der Waals surface area contributed by atoms with Crippen LogP contribution in [-0.2, 0) is 12.8 Å². The Morgan fingerprint density at radius 3 is 2.74 bits per heavy atom. The smallest absolute Gasteiger partial charge is 0.115 e. The molecular weight excluding hydrogens is 258 g/mol. The van der Waals surface area contributed by atoms with Crippen LogP contribution in [0.2, 0.25) is 0 Å². The second-order valence-electron chi connectivity index (χ2n) is 5.86. The number of fused-ring (bicyclic) bond motifs is 1. The van der Waals surface area contributed by atoms with E-state index >= 15 is 0 Å². The monoisotopic (exact) mass is 283 g/mol. The summed E-state index contributed by atoms with van der Waals surface area (Å²) in [7, 11) is 4.28. The molecule has 1 aromatic rings. The lowest BCUT2D eigenvalue weighted by molar-refractivity contribution is 0.361. The molecule has 1 aliphatic rings. The molecule has 0 aliphatic heterocycles. The number of benzene rings is 1. The second kappa shape index (κ2) is 7.76. The highest BCUT2D eigenvalue weighted by atomic mass is 35.5. The highest BCUT2D eigenvalue weighted by molar-refractivity contribution is 5.85. The Balaban J connectivity index is 0.00000180. The van der Waals surface area contributed by atoms with Crippen LogP contribution in [0.1, 0.15) is 36.8 Å². The van der Waals surface area contributed by atoms with Gasteiger partial charge in [0.25, 0.3) is 0 Å². The quantitative estimate of drug-likeness (QED) is 0.834. The lowest BCUT2D eigenvalue weighted by atomic mass is 9.81. The molecule has 0 heterocycles. The third-order valence-corrected chi connectivity index (χ3v) is 3.99. The number of rotatable bonds is 5. The van der Waals surface area contributed by atoms with Gasteiger partial charge in [0, 0.05) is 0 Å². The summed E-state index contributed by atoms with van der Waals surface area (Å²) in [6.45, 7) is 1.21. The van der Waals surface area contributed by atoms with Crippen LogP contribution < -0.4 is 0 Å². The van der Waals surface area contributed by atoms with Crippen molar-refractivity contribution < 1.29 is 5.11 Å². The van der Waals surface area contributed by atoms with Gasteiger partial charge in [-0.3, -0.25) is 0 Å². The Bertz CT molecular complexity index is 392. The average Bonchev–Trinajstić information content (AvgIpc) is 2.34. The van der Waals surface area contributed by atoms with Crippen molar-refractivity contribution in [3.63, 3.8) is 0 Å². The van der Waals surface area contributed by atoms with E-state index in [0.29, 0.717) is 5.75 Å². The molecule has 0 saturated carbocycles. The standard InChI is InChI=1S/C16H25NO.ClH/c1-17(2)10-4-3-5-13-6-7-15-12-16(18)9-8-14(15)11-13;/h8-9,12-13,18H,3-7,10-11H2,1-2H3;1H. The molecule has 2 rings (SSSR count). The van der Waals surface area contributed by atoms with Gasteiger partial charge >= 0.3 is 0 Å². The molecule has 0 bridgehead atoms. The Kier molecular flexibility index (Phi) is 6.67. The number of phenols is 1. The predicted octanol–water partition coefficient (Wildman–Crippen LogP) is 3.65. The van der Waals surface area contributed by atoms with Gasteiger partial charge in [-0.1, -0.05) is 18.9 Å². The van der Waals surface area contributed by atoms with E-state index in [-0.39, 0.29) is 12.4 Å². The number of unbranched alkanes of at least 4 members (excludes halogenated alkanes) is 1. The zero-order valence-corrected chi connectivity index (χ0v) is 12.9. The van der Waals surface area contributed by atoms with Crippen LogP contribution in [-0.4, -0.2) is 30.6 Å². The van der Waals surface area contributed by atoms with Gasteiger partial charge in [-0.15, -0.1) is 12.4 Å². The molecule has 1 aliphatic carbocycles. The molecule has 1 N–H and O–H groups in total. The molecule has 1 aromatic carbocycles. The van der Waals surface area contributed by atoms with E-state index in [1.165, 1.54) is 49.8 Å². The summed E-state index contributed by atoms with van der Waals surface area (Å²) in [5, 5.41) is 9.47. The minimum atomic E-state index is 0. The van der Waals surface area contributed by atoms with Crippen molar-refractivity contribution in [1.82, 2.24) is 4.90 Å². The maximum Gasteiger partial charge on any atom is 0.115 e. The third-order valence-electron chi connectivity index (χ3n) is 3.99.